The maximum atomic E-state index is 6.37. The van der Waals surface area contributed by atoms with E-state index in [0.717, 1.165) is 25.3 Å². The van der Waals surface area contributed by atoms with E-state index in [1.54, 1.807) is 10.9 Å². The van der Waals surface area contributed by atoms with Crippen molar-refractivity contribution in [1.82, 2.24) is 15.0 Å². The van der Waals surface area contributed by atoms with Gasteiger partial charge in [0.25, 0.3) is 0 Å². The summed E-state index contributed by atoms with van der Waals surface area (Å²) in [6.45, 7) is 1.92. The van der Waals surface area contributed by atoms with E-state index in [-0.39, 0.29) is 0 Å². The molecule has 0 bridgehead atoms. The molecule has 0 aromatic carbocycles. The highest BCUT2D eigenvalue weighted by Gasteiger charge is 2.38. The lowest BCUT2D eigenvalue weighted by atomic mass is 9.91. The SMILES string of the molecule is NC1=CC(N)(C2CCNC2)Nn2ccnc21. The van der Waals surface area contributed by atoms with Crippen molar-refractivity contribution in [2.45, 2.75) is 12.1 Å². The zero-order valence-corrected chi connectivity index (χ0v) is 8.98. The highest BCUT2D eigenvalue weighted by atomic mass is 15.5. The minimum absolute atomic E-state index is 0.349. The van der Waals surface area contributed by atoms with Crippen LogP contribution in [0.25, 0.3) is 5.70 Å². The molecule has 1 fully saturated rings. The first-order valence-electron chi connectivity index (χ1n) is 5.49. The van der Waals surface area contributed by atoms with Crippen LogP contribution in [0.2, 0.25) is 0 Å². The molecule has 1 aromatic heterocycles. The Morgan fingerprint density at radius 1 is 1.56 bits per heavy atom. The Labute approximate surface area is 93.7 Å². The van der Waals surface area contributed by atoms with Crippen LogP contribution < -0.4 is 22.2 Å². The van der Waals surface area contributed by atoms with Crippen LogP contribution in [0, 0.1) is 5.92 Å². The fourth-order valence-electron chi connectivity index (χ4n) is 2.44. The van der Waals surface area contributed by atoms with Crippen molar-refractivity contribution in [3.8, 4) is 0 Å². The zero-order valence-electron chi connectivity index (χ0n) is 8.98. The van der Waals surface area contributed by atoms with Gasteiger partial charge in [0.2, 0.25) is 0 Å². The molecular formula is C10H16N6. The molecule has 3 rings (SSSR count). The van der Waals surface area contributed by atoms with Crippen molar-refractivity contribution in [1.29, 1.82) is 0 Å². The van der Waals surface area contributed by atoms with E-state index in [1.807, 2.05) is 12.3 Å². The van der Waals surface area contributed by atoms with E-state index in [4.69, 9.17) is 11.5 Å². The van der Waals surface area contributed by atoms with Crippen LogP contribution in [0.1, 0.15) is 12.2 Å². The molecule has 1 aromatic rings. The van der Waals surface area contributed by atoms with Crippen molar-refractivity contribution in [3.05, 3.63) is 24.3 Å². The Hall–Kier alpha value is -1.53. The molecule has 0 amide bonds. The predicted octanol–water partition coefficient (Wildman–Crippen LogP) is -0.996. The van der Waals surface area contributed by atoms with Crippen molar-refractivity contribution >= 4 is 5.70 Å². The van der Waals surface area contributed by atoms with Gasteiger partial charge in [-0.05, 0) is 19.0 Å². The summed E-state index contributed by atoms with van der Waals surface area (Å²) in [5, 5.41) is 3.31. The molecule has 2 aliphatic rings. The van der Waals surface area contributed by atoms with Gasteiger partial charge in [0, 0.05) is 24.9 Å². The number of nitrogens with two attached hydrogens (primary N) is 2. The molecule has 0 spiro atoms. The lowest BCUT2D eigenvalue weighted by Crippen LogP contribution is -2.58. The van der Waals surface area contributed by atoms with E-state index >= 15 is 0 Å². The summed E-state index contributed by atoms with van der Waals surface area (Å²) in [6.07, 6.45) is 6.48. The third kappa shape index (κ3) is 1.30. The van der Waals surface area contributed by atoms with Crippen LogP contribution >= 0.6 is 0 Å². The monoisotopic (exact) mass is 220 g/mol. The minimum atomic E-state index is -0.582. The van der Waals surface area contributed by atoms with Gasteiger partial charge in [-0.3, -0.25) is 0 Å². The van der Waals surface area contributed by atoms with E-state index < -0.39 is 5.66 Å². The Balaban J connectivity index is 1.97. The van der Waals surface area contributed by atoms with Crippen LogP contribution in [-0.4, -0.2) is 28.4 Å². The number of hydrogen-bond acceptors (Lipinski definition) is 5. The van der Waals surface area contributed by atoms with E-state index in [0.29, 0.717) is 11.6 Å². The molecule has 0 saturated carbocycles. The van der Waals surface area contributed by atoms with Gasteiger partial charge in [-0.2, -0.15) is 0 Å². The van der Waals surface area contributed by atoms with Crippen LogP contribution in [0.15, 0.2) is 18.5 Å². The average molecular weight is 220 g/mol. The van der Waals surface area contributed by atoms with Crippen molar-refractivity contribution < 1.29 is 0 Å². The van der Waals surface area contributed by atoms with Gasteiger partial charge in [0.05, 0.1) is 5.70 Å². The van der Waals surface area contributed by atoms with Crippen LogP contribution in [0.5, 0.6) is 0 Å². The first kappa shape index (κ1) is 9.68. The van der Waals surface area contributed by atoms with E-state index in [1.165, 1.54) is 0 Å². The van der Waals surface area contributed by atoms with Gasteiger partial charge >= 0.3 is 0 Å². The summed E-state index contributed by atoms with van der Waals surface area (Å²) in [6, 6.07) is 0. The summed E-state index contributed by atoms with van der Waals surface area (Å²) in [4.78, 5) is 4.17. The van der Waals surface area contributed by atoms with Crippen LogP contribution in [0.3, 0.4) is 0 Å². The molecule has 2 atom stereocenters. The molecular weight excluding hydrogens is 204 g/mol. The second-order valence-electron chi connectivity index (χ2n) is 4.46. The quantitative estimate of drug-likeness (QED) is 0.487. The molecule has 0 radical (unpaired) electrons. The topological polar surface area (TPSA) is 93.9 Å². The molecule has 16 heavy (non-hydrogen) atoms. The van der Waals surface area contributed by atoms with E-state index in [9.17, 15) is 0 Å². The smallest absolute Gasteiger partial charge is 0.174 e. The van der Waals surface area contributed by atoms with Gasteiger partial charge in [0.1, 0.15) is 5.66 Å². The number of imidazole rings is 1. The van der Waals surface area contributed by atoms with Crippen LogP contribution in [-0.2, 0) is 0 Å². The lowest BCUT2D eigenvalue weighted by Gasteiger charge is -2.37. The Bertz CT molecular complexity index is 430. The number of nitrogens with zero attached hydrogens (tertiary/aromatic N) is 2. The van der Waals surface area contributed by atoms with Crippen LogP contribution in [0.4, 0.5) is 0 Å². The lowest BCUT2D eigenvalue weighted by molar-refractivity contribution is 0.363. The maximum absolute atomic E-state index is 6.37. The molecule has 6 nitrogen and oxygen atoms in total. The summed E-state index contributed by atoms with van der Waals surface area (Å²) in [5.41, 5.74) is 15.7. The first-order valence-corrected chi connectivity index (χ1v) is 5.49. The normalized spacial score (nSPS) is 33.1. The predicted molar refractivity (Wildman–Crippen MR) is 61.6 cm³/mol. The highest BCUT2D eigenvalue weighted by molar-refractivity contribution is 5.61. The van der Waals surface area contributed by atoms with Gasteiger partial charge in [-0.1, -0.05) is 0 Å². The second-order valence-corrected chi connectivity index (χ2v) is 4.46. The molecule has 6 N–H and O–H groups in total. The molecule has 3 heterocycles. The highest BCUT2D eigenvalue weighted by Crippen LogP contribution is 2.27. The minimum Gasteiger partial charge on any atom is -0.396 e. The molecule has 6 heteroatoms. The van der Waals surface area contributed by atoms with Gasteiger partial charge in [0.15, 0.2) is 5.82 Å². The standard InChI is InChI=1S/C10H16N6/c11-8-5-10(12,7-1-2-13-6-7)15-16-4-3-14-9(8)16/h3-5,7,13,15H,1-2,6,11-12H2. The zero-order chi connectivity index (χ0) is 11.2. The fraction of sp³-hybridized carbons (Fsp3) is 0.500. The molecule has 86 valence electrons. The van der Waals surface area contributed by atoms with E-state index in [2.05, 4.69) is 15.7 Å². The molecule has 2 aliphatic heterocycles. The second kappa shape index (κ2) is 3.23. The summed E-state index contributed by atoms with van der Waals surface area (Å²) >= 11 is 0. The molecule has 2 unspecified atom stereocenters. The number of fused-ring (bicyclic) bond motifs is 1. The van der Waals surface area contributed by atoms with Crippen molar-refractivity contribution in [2.24, 2.45) is 17.4 Å². The average Bonchev–Trinajstić information content (AvgIpc) is 2.86. The Morgan fingerprint density at radius 3 is 3.19 bits per heavy atom. The number of hydrogen-bond donors (Lipinski definition) is 4. The number of aromatic nitrogens is 2. The largest absolute Gasteiger partial charge is 0.396 e. The van der Waals surface area contributed by atoms with Gasteiger partial charge < -0.3 is 22.2 Å². The number of rotatable bonds is 1. The third-order valence-corrected chi connectivity index (χ3v) is 3.34. The summed E-state index contributed by atoms with van der Waals surface area (Å²) in [7, 11) is 0. The fourth-order valence-corrected chi connectivity index (χ4v) is 2.44. The molecule has 0 aliphatic carbocycles. The summed E-state index contributed by atoms with van der Waals surface area (Å²) < 4.78 is 1.80. The Kier molecular flexibility index (Phi) is 1.95. The molecule has 1 saturated heterocycles. The number of nitrogens with one attached hydrogen (secondary N) is 2. The first-order chi connectivity index (χ1) is 7.69. The third-order valence-electron chi connectivity index (χ3n) is 3.34. The Morgan fingerprint density at radius 2 is 2.44 bits per heavy atom. The van der Waals surface area contributed by atoms with Gasteiger partial charge in [-0.15, -0.1) is 0 Å². The van der Waals surface area contributed by atoms with Crippen molar-refractivity contribution in [2.75, 3.05) is 18.5 Å². The van der Waals surface area contributed by atoms with Gasteiger partial charge in [-0.25, -0.2) is 9.66 Å². The maximum Gasteiger partial charge on any atom is 0.174 e. The van der Waals surface area contributed by atoms with Crippen molar-refractivity contribution in [3.63, 3.8) is 0 Å². The summed E-state index contributed by atoms with van der Waals surface area (Å²) in [5.74, 6) is 1.08.